The number of oxime groups is 1. The van der Waals surface area contributed by atoms with E-state index in [0.29, 0.717) is 38.8 Å². The van der Waals surface area contributed by atoms with E-state index in [-0.39, 0.29) is 36.2 Å². The third-order valence-electron chi connectivity index (χ3n) is 5.61. The summed E-state index contributed by atoms with van der Waals surface area (Å²) in [5, 5.41) is 15.9. The first-order valence-corrected chi connectivity index (χ1v) is 11.1. The van der Waals surface area contributed by atoms with E-state index in [2.05, 4.69) is 10.5 Å². The van der Waals surface area contributed by atoms with Crippen molar-refractivity contribution in [2.75, 3.05) is 17.0 Å². The number of amides is 2. The molecule has 0 aliphatic carbocycles. The Hall–Kier alpha value is -3.66. The van der Waals surface area contributed by atoms with E-state index in [1.807, 2.05) is 0 Å². The molecule has 8 nitrogen and oxygen atoms in total. The lowest BCUT2D eigenvalue weighted by atomic mass is 10.1. The molecule has 0 bridgehead atoms. The summed E-state index contributed by atoms with van der Waals surface area (Å²) in [5.74, 6) is -1.14. The minimum atomic E-state index is -0.586. The number of rotatable bonds is 4. The number of nitrogens with one attached hydrogen (secondary N) is 1. The number of halogens is 3. The van der Waals surface area contributed by atoms with E-state index in [0.717, 1.165) is 0 Å². The van der Waals surface area contributed by atoms with Crippen LogP contribution in [0.4, 0.5) is 15.8 Å². The first-order chi connectivity index (χ1) is 16.9. The molecule has 178 valence electrons. The number of carbonyl (C=O) groups excluding carboxylic acids is 2. The quantitative estimate of drug-likeness (QED) is 0.377. The van der Waals surface area contributed by atoms with Crippen LogP contribution >= 0.6 is 23.2 Å². The van der Waals surface area contributed by atoms with Crippen LogP contribution in [0.3, 0.4) is 0 Å². The fourth-order valence-corrected chi connectivity index (χ4v) is 4.55. The fourth-order valence-electron chi connectivity index (χ4n) is 4.06. The molecule has 2 aliphatic heterocycles. The highest BCUT2D eigenvalue weighted by Gasteiger charge is 2.36. The molecular formula is C24H16Cl2FN3O5. The summed E-state index contributed by atoms with van der Waals surface area (Å²) in [5.41, 5.74) is 2.07. The fraction of sp³-hybridized carbons (Fsp3) is 0.125. The maximum Gasteiger partial charge on any atom is 0.281 e. The van der Waals surface area contributed by atoms with Crippen molar-refractivity contribution in [2.45, 2.75) is 13.2 Å². The van der Waals surface area contributed by atoms with E-state index < -0.39 is 17.6 Å². The van der Waals surface area contributed by atoms with Gasteiger partial charge in [-0.2, -0.15) is 0 Å². The van der Waals surface area contributed by atoms with E-state index >= 15 is 0 Å². The first-order valence-electron chi connectivity index (χ1n) is 10.3. The van der Waals surface area contributed by atoms with Crippen LogP contribution in [0.2, 0.25) is 10.0 Å². The van der Waals surface area contributed by atoms with Crippen LogP contribution in [-0.4, -0.2) is 29.5 Å². The van der Waals surface area contributed by atoms with Crippen molar-refractivity contribution in [3.05, 3.63) is 86.6 Å². The molecule has 35 heavy (non-hydrogen) atoms. The number of hydrogen-bond acceptors (Lipinski definition) is 6. The maximum absolute atomic E-state index is 14.2. The van der Waals surface area contributed by atoms with Gasteiger partial charge in [-0.05, 0) is 48.5 Å². The average molecular weight is 516 g/mol. The molecule has 0 saturated heterocycles. The first kappa shape index (κ1) is 23.1. The lowest BCUT2D eigenvalue weighted by molar-refractivity contribution is -0.112. The van der Waals surface area contributed by atoms with Gasteiger partial charge in [-0.3, -0.25) is 9.59 Å². The summed E-state index contributed by atoms with van der Waals surface area (Å²) in [4.78, 5) is 27.1. The predicted octanol–water partition coefficient (Wildman–Crippen LogP) is 4.98. The Balaban J connectivity index is 1.49. The minimum Gasteiger partial charge on any atom is -0.467 e. The molecule has 3 aromatic rings. The summed E-state index contributed by atoms with van der Waals surface area (Å²) >= 11 is 12.0. The molecule has 0 unspecified atom stereocenters. The summed E-state index contributed by atoms with van der Waals surface area (Å²) in [6.45, 7) is 0.117. The van der Waals surface area contributed by atoms with Crippen molar-refractivity contribution in [3.8, 4) is 5.75 Å². The van der Waals surface area contributed by atoms with Crippen molar-refractivity contribution in [1.82, 2.24) is 0 Å². The topological polar surface area (TPSA) is 100 Å². The van der Waals surface area contributed by atoms with E-state index in [1.54, 1.807) is 24.3 Å². The smallest absolute Gasteiger partial charge is 0.281 e. The van der Waals surface area contributed by atoms with Crippen LogP contribution in [-0.2, 0) is 22.7 Å². The molecule has 5 rings (SSSR count). The van der Waals surface area contributed by atoms with Crippen LogP contribution in [0.1, 0.15) is 27.0 Å². The van der Waals surface area contributed by atoms with Gasteiger partial charge in [-0.1, -0.05) is 28.4 Å². The summed E-state index contributed by atoms with van der Waals surface area (Å²) < 4.78 is 25.0. The van der Waals surface area contributed by atoms with Crippen molar-refractivity contribution in [2.24, 2.45) is 5.16 Å². The lowest BCUT2D eigenvalue weighted by Gasteiger charge is -2.24. The van der Waals surface area contributed by atoms with Gasteiger partial charge in [0.05, 0.1) is 29.4 Å². The molecule has 11 heteroatoms. The average Bonchev–Trinajstić information content (AvgIpc) is 3.08. The third-order valence-corrected chi connectivity index (χ3v) is 6.15. The van der Waals surface area contributed by atoms with Gasteiger partial charge in [-0.15, -0.1) is 0 Å². The number of anilines is 2. The molecule has 0 fully saturated rings. The second kappa shape index (κ2) is 9.18. The Morgan fingerprint density at radius 3 is 2.77 bits per heavy atom. The van der Waals surface area contributed by atoms with Gasteiger partial charge < -0.3 is 24.9 Å². The van der Waals surface area contributed by atoms with Gasteiger partial charge in [0.25, 0.3) is 11.8 Å². The highest BCUT2D eigenvalue weighted by molar-refractivity contribution is 6.54. The Labute approximate surface area is 208 Å². The molecule has 3 aromatic carbocycles. The number of ether oxygens (including phenoxy) is 2. The van der Waals surface area contributed by atoms with Gasteiger partial charge in [-0.25, -0.2) is 4.39 Å². The maximum atomic E-state index is 14.2. The van der Waals surface area contributed by atoms with E-state index in [1.165, 1.54) is 29.2 Å². The molecule has 0 radical (unpaired) electrons. The summed E-state index contributed by atoms with van der Waals surface area (Å²) in [6, 6.07) is 11.8. The van der Waals surface area contributed by atoms with Gasteiger partial charge >= 0.3 is 0 Å². The zero-order chi connectivity index (χ0) is 24.7. The molecule has 2 amide bonds. The Kier molecular flexibility index (Phi) is 6.06. The molecule has 0 spiro atoms. The van der Waals surface area contributed by atoms with Crippen molar-refractivity contribution < 1.29 is 28.7 Å². The number of carbonyl (C=O) groups is 2. The zero-order valence-electron chi connectivity index (χ0n) is 17.8. The highest BCUT2D eigenvalue weighted by atomic mass is 35.5. The van der Waals surface area contributed by atoms with Crippen molar-refractivity contribution in [1.29, 1.82) is 0 Å². The highest BCUT2D eigenvalue weighted by Crippen LogP contribution is 2.37. The van der Waals surface area contributed by atoms with Gasteiger partial charge in [0.1, 0.15) is 11.6 Å². The van der Waals surface area contributed by atoms with Crippen molar-refractivity contribution >= 4 is 52.1 Å². The van der Waals surface area contributed by atoms with Crippen LogP contribution in [0, 0.1) is 5.82 Å². The van der Waals surface area contributed by atoms with Gasteiger partial charge in [0.2, 0.25) is 0 Å². The zero-order valence-corrected chi connectivity index (χ0v) is 19.4. The van der Waals surface area contributed by atoms with Crippen LogP contribution in [0.5, 0.6) is 5.75 Å². The second-order valence-electron chi connectivity index (χ2n) is 7.81. The Morgan fingerprint density at radius 2 is 2.00 bits per heavy atom. The minimum absolute atomic E-state index is 0.00293. The largest absolute Gasteiger partial charge is 0.467 e. The normalized spacial score (nSPS) is 15.6. The SMILES string of the molecule is O=C(Nc1ccc2c(c1)N(Cc1cc(F)cc3c1OCOC3)C(=O)/C2=N\O)c1ccc(Cl)cc1Cl. The van der Waals surface area contributed by atoms with E-state index in [4.69, 9.17) is 32.7 Å². The van der Waals surface area contributed by atoms with Crippen LogP contribution < -0.4 is 15.0 Å². The number of nitrogens with zero attached hydrogens (tertiary/aromatic N) is 2. The molecule has 2 N–H and O–H groups in total. The Bertz CT molecular complexity index is 1410. The summed E-state index contributed by atoms with van der Waals surface area (Å²) in [6.07, 6.45) is 0. The molecular weight excluding hydrogens is 500 g/mol. The van der Waals surface area contributed by atoms with Crippen molar-refractivity contribution in [3.63, 3.8) is 0 Å². The Morgan fingerprint density at radius 1 is 1.17 bits per heavy atom. The van der Waals surface area contributed by atoms with Crippen LogP contribution in [0.15, 0.2) is 53.7 Å². The molecule has 0 saturated carbocycles. The van der Waals surface area contributed by atoms with E-state index in [9.17, 15) is 19.2 Å². The monoisotopic (exact) mass is 515 g/mol. The van der Waals surface area contributed by atoms with Gasteiger partial charge in [0, 0.05) is 27.4 Å². The number of hydrogen-bond donors (Lipinski definition) is 2. The molecule has 0 aromatic heterocycles. The molecule has 2 heterocycles. The number of benzene rings is 3. The summed E-state index contributed by atoms with van der Waals surface area (Å²) in [7, 11) is 0. The van der Waals surface area contributed by atoms with Gasteiger partial charge in [0.15, 0.2) is 12.5 Å². The molecule has 0 atom stereocenters. The third kappa shape index (κ3) is 4.29. The number of fused-ring (bicyclic) bond motifs is 2. The molecule has 2 aliphatic rings. The van der Waals surface area contributed by atoms with Crippen LogP contribution in [0.25, 0.3) is 0 Å². The second-order valence-corrected chi connectivity index (χ2v) is 8.66. The predicted molar refractivity (Wildman–Crippen MR) is 127 cm³/mol. The standard InChI is InChI=1S/C24H16Cl2FN3O5/c25-14-1-3-17(19(26)7-14)23(31)28-16-2-4-18-20(8-16)30(24(32)21(18)29-33)9-12-5-15(27)6-13-10-34-11-35-22(12)13/h1-8,33H,9-11H2,(H,28,31)/b29-21-. The lowest BCUT2D eigenvalue weighted by Crippen LogP contribution is -2.30.